The number of aromatic amines is 1. The number of oxazole rings is 1. The quantitative estimate of drug-likeness (QED) is 0.303. The first-order valence-corrected chi connectivity index (χ1v) is 8.57. The third-order valence-electron chi connectivity index (χ3n) is 4.20. The van der Waals surface area contributed by atoms with Gasteiger partial charge in [-0.05, 0) is 48.5 Å². The summed E-state index contributed by atoms with van der Waals surface area (Å²) in [6.07, 6.45) is 2.63. The van der Waals surface area contributed by atoms with Crippen molar-refractivity contribution in [2.24, 2.45) is 0 Å². The lowest BCUT2D eigenvalue weighted by atomic mass is 10.0. The van der Waals surface area contributed by atoms with Crippen LogP contribution in [0.3, 0.4) is 0 Å². The molecule has 2 aromatic carbocycles. The first kappa shape index (κ1) is 18.0. The van der Waals surface area contributed by atoms with Crippen LogP contribution in [0.4, 0.5) is 17.2 Å². The summed E-state index contributed by atoms with van der Waals surface area (Å²) in [6.45, 7) is 0. The molecule has 0 unspecified atom stereocenters. The molecule has 0 aliphatic rings. The number of carbonyl (C=O) groups is 2. The third-order valence-corrected chi connectivity index (χ3v) is 4.20. The van der Waals surface area contributed by atoms with Gasteiger partial charge in [-0.3, -0.25) is 9.59 Å². The van der Waals surface area contributed by atoms with Gasteiger partial charge >= 0.3 is 0 Å². The zero-order chi connectivity index (χ0) is 20.4. The molecule has 9 nitrogen and oxygen atoms in total. The monoisotopic (exact) mass is 388 g/mol. The van der Waals surface area contributed by atoms with Gasteiger partial charge in [0.1, 0.15) is 12.0 Å². The maximum Gasteiger partial charge on any atom is 0.277 e. The Labute approximate surface area is 164 Å². The van der Waals surface area contributed by atoms with E-state index in [0.29, 0.717) is 28.2 Å². The van der Waals surface area contributed by atoms with Crippen molar-refractivity contribution in [2.45, 2.75) is 0 Å². The second-order valence-corrected chi connectivity index (χ2v) is 6.18. The summed E-state index contributed by atoms with van der Waals surface area (Å²) in [5.41, 5.74) is 13.9. The van der Waals surface area contributed by atoms with E-state index in [1.54, 1.807) is 48.5 Å². The molecule has 4 aromatic rings. The molecule has 2 aromatic heterocycles. The molecule has 0 radical (unpaired) electrons. The van der Waals surface area contributed by atoms with Gasteiger partial charge < -0.3 is 26.2 Å². The molecule has 0 spiro atoms. The summed E-state index contributed by atoms with van der Waals surface area (Å²) >= 11 is 0. The first-order chi connectivity index (χ1) is 14.0. The number of imidazole rings is 1. The molecule has 0 aliphatic heterocycles. The van der Waals surface area contributed by atoms with Crippen molar-refractivity contribution < 1.29 is 14.0 Å². The third kappa shape index (κ3) is 3.69. The van der Waals surface area contributed by atoms with Gasteiger partial charge in [-0.15, -0.1) is 0 Å². The molecule has 0 saturated carbocycles. The average molecular weight is 388 g/mol. The van der Waals surface area contributed by atoms with Crippen LogP contribution < -0.4 is 16.8 Å². The highest BCUT2D eigenvalue weighted by Crippen LogP contribution is 2.21. The highest BCUT2D eigenvalue weighted by atomic mass is 16.3. The summed E-state index contributed by atoms with van der Waals surface area (Å²) < 4.78 is 5.28. The number of benzene rings is 2. The van der Waals surface area contributed by atoms with E-state index >= 15 is 0 Å². The average Bonchev–Trinajstić information content (AvgIpc) is 3.37. The van der Waals surface area contributed by atoms with Gasteiger partial charge in [0.25, 0.3) is 5.91 Å². The Balaban J connectivity index is 1.45. The number of aromatic nitrogens is 3. The minimum Gasteiger partial charge on any atom is -0.442 e. The molecule has 9 heteroatoms. The van der Waals surface area contributed by atoms with Crippen LogP contribution in [0.25, 0.3) is 11.6 Å². The first-order valence-electron chi connectivity index (χ1n) is 8.57. The van der Waals surface area contributed by atoms with E-state index in [4.69, 9.17) is 15.9 Å². The van der Waals surface area contributed by atoms with Crippen molar-refractivity contribution in [1.29, 1.82) is 0 Å². The molecule has 0 atom stereocenters. The largest absolute Gasteiger partial charge is 0.442 e. The van der Waals surface area contributed by atoms with E-state index < -0.39 is 5.91 Å². The van der Waals surface area contributed by atoms with Gasteiger partial charge in [-0.25, -0.2) is 9.97 Å². The van der Waals surface area contributed by atoms with Gasteiger partial charge in [-0.1, -0.05) is 0 Å². The van der Waals surface area contributed by atoms with Crippen molar-refractivity contribution >= 4 is 28.9 Å². The van der Waals surface area contributed by atoms with Gasteiger partial charge in [0.2, 0.25) is 5.89 Å². The summed E-state index contributed by atoms with van der Waals surface area (Å²) in [4.78, 5) is 35.6. The Kier molecular flexibility index (Phi) is 4.54. The second kappa shape index (κ2) is 7.31. The number of nitrogen functional groups attached to an aromatic ring is 2. The number of amides is 1. The van der Waals surface area contributed by atoms with Crippen molar-refractivity contribution in [3.8, 4) is 11.6 Å². The van der Waals surface area contributed by atoms with Crippen LogP contribution in [0.1, 0.15) is 26.4 Å². The lowest BCUT2D eigenvalue weighted by molar-refractivity contribution is 0.102. The fraction of sp³-hybridized carbons (Fsp3) is 0. The molecule has 0 saturated heterocycles. The predicted octanol–water partition coefficient (Wildman–Crippen LogP) is 2.71. The molecule has 0 bridgehead atoms. The van der Waals surface area contributed by atoms with E-state index in [1.165, 1.54) is 12.6 Å². The summed E-state index contributed by atoms with van der Waals surface area (Å²) in [6, 6.07) is 13.2. The Hall–Kier alpha value is -4.40. The number of nitrogens with one attached hydrogen (secondary N) is 2. The minimum absolute atomic E-state index is 0.0797. The zero-order valence-corrected chi connectivity index (χ0v) is 15.0. The van der Waals surface area contributed by atoms with Crippen LogP contribution >= 0.6 is 0 Å². The van der Waals surface area contributed by atoms with Crippen molar-refractivity contribution in [1.82, 2.24) is 15.0 Å². The predicted molar refractivity (Wildman–Crippen MR) is 107 cm³/mol. The van der Waals surface area contributed by atoms with Gasteiger partial charge in [0.05, 0.1) is 6.33 Å². The van der Waals surface area contributed by atoms with E-state index in [2.05, 4.69) is 20.3 Å². The van der Waals surface area contributed by atoms with Crippen LogP contribution in [-0.2, 0) is 0 Å². The fourth-order valence-electron chi connectivity index (χ4n) is 2.67. The van der Waals surface area contributed by atoms with E-state index in [9.17, 15) is 9.59 Å². The number of hydrogen-bond acceptors (Lipinski definition) is 7. The number of rotatable bonds is 5. The Morgan fingerprint density at radius 3 is 2.24 bits per heavy atom. The van der Waals surface area contributed by atoms with E-state index in [1.807, 2.05) is 0 Å². The van der Waals surface area contributed by atoms with Crippen LogP contribution in [0, 0.1) is 0 Å². The van der Waals surface area contributed by atoms with Crippen LogP contribution in [0.5, 0.6) is 0 Å². The highest BCUT2D eigenvalue weighted by Gasteiger charge is 2.17. The number of hydrogen-bond donors (Lipinski definition) is 4. The normalized spacial score (nSPS) is 10.6. The van der Waals surface area contributed by atoms with Gasteiger partial charge in [-0.2, -0.15) is 0 Å². The van der Waals surface area contributed by atoms with Gasteiger partial charge in [0.15, 0.2) is 17.3 Å². The minimum atomic E-state index is -0.462. The summed E-state index contributed by atoms with van der Waals surface area (Å²) in [5.74, 6) is -0.216. The van der Waals surface area contributed by atoms with Crippen LogP contribution in [0.2, 0.25) is 0 Å². The molecule has 144 valence electrons. The van der Waals surface area contributed by atoms with Crippen LogP contribution in [0.15, 0.2) is 65.5 Å². The molecule has 0 aliphatic carbocycles. The van der Waals surface area contributed by atoms with E-state index in [0.717, 1.165) is 0 Å². The second-order valence-electron chi connectivity index (χ2n) is 6.18. The van der Waals surface area contributed by atoms with Crippen molar-refractivity contribution in [3.05, 3.63) is 77.9 Å². The number of H-pyrrole nitrogens is 1. The number of nitrogens with zero attached hydrogens (tertiary/aromatic N) is 2. The fourth-order valence-corrected chi connectivity index (χ4v) is 2.67. The summed E-state index contributed by atoms with van der Waals surface area (Å²) in [7, 11) is 0. The highest BCUT2D eigenvalue weighted by molar-refractivity contribution is 6.09. The van der Waals surface area contributed by atoms with Crippen LogP contribution in [-0.4, -0.2) is 26.6 Å². The molecule has 4 rings (SSSR count). The SMILES string of the molecule is Nc1ccc(C(=O)c2ccc(NC(=O)c3coc(-c4[nH]cnc4N)n3)cc2)cc1. The maximum absolute atomic E-state index is 12.5. The summed E-state index contributed by atoms with van der Waals surface area (Å²) in [5, 5.41) is 2.70. The molecule has 29 heavy (non-hydrogen) atoms. The Bertz CT molecular complexity index is 1180. The maximum atomic E-state index is 12.5. The number of carbonyl (C=O) groups excluding carboxylic acids is 2. The number of nitrogens with two attached hydrogens (primary N) is 2. The molecule has 6 N–H and O–H groups in total. The Morgan fingerprint density at radius 2 is 1.62 bits per heavy atom. The van der Waals surface area contributed by atoms with Crippen molar-refractivity contribution in [2.75, 3.05) is 16.8 Å². The molecule has 2 heterocycles. The standard InChI is InChI=1S/C20H16N6O3/c21-13-5-1-11(2-6-13)17(27)12-3-7-14(8-4-12)25-19(28)15-9-29-20(26-15)16-18(22)24-10-23-16/h1-10H,21-22H2,(H,23,24)(H,25,28). The van der Waals surface area contributed by atoms with E-state index in [-0.39, 0.29) is 23.2 Å². The number of ketones is 1. The Morgan fingerprint density at radius 1 is 0.966 bits per heavy atom. The van der Waals surface area contributed by atoms with Crippen molar-refractivity contribution in [3.63, 3.8) is 0 Å². The molecular weight excluding hydrogens is 372 g/mol. The molecule has 0 fully saturated rings. The lowest BCUT2D eigenvalue weighted by Gasteiger charge is -2.05. The lowest BCUT2D eigenvalue weighted by Crippen LogP contribution is -2.12. The zero-order valence-electron chi connectivity index (χ0n) is 15.0. The smallest absolute Gasteiger partial charge is 0.277 e. The molecular formula is C20H16N6O3. The number of anilines is 3. The topological polar surface area (TPSA) is 153 Å². The van der Waals surface area contributed by atoms with Gasteiger partial charge in [0, 0.05) is 22.5 Å². The molecule has 1 amide bonds.